The van der Waals surface area contributed by atoms with E-state index in [4.69, 9.17) is 9.47 Å². The van der Waals surface area contributed by atoms with Gasteiger partial charge < -0.3 is 18.9 Å². The molecule has 0 fully saturated rings. The summed E-state index contributed by atoms with van der Waals surface area (Å²) in [5, 5.41) is 2.47. The fourth-order valence-electron chi connectivity index (χ4n) is 14.9. The van der Waals surface area contributed by atoms with Gasteiger partial charge in [0.05, 0.1) is 27.6 Å². The van der Waals surface area contributed by atoms with E-state index >= 15 is 0 Å². The molecule has 2 aliphatic heterocycles. The van der Waals surface area contributed by atoms with E-state index in [-0.39, 0.29) is 16.7 Å². The molecule has 3 aliphatic carbocycles. The van der Waals surface area contributed by atoms with Crippen LogP contribution < -0.4 is 14.4 Å². The predicted octanol–water partition coefficient (Wildman–Crippen LogP) is 19.7. The third-order valence-electron chi connectivity index (χ3n) is 18.4. The van der Waals surface area contributed by atoms with Gasteiger partial charge in [-0.25, -0.2) is 0 Å². The third kappa shape index (κ3) is 6.33. The highest BCUT2D eigenvalue weighted by molar-refractivity contribution is 6.09. The van der Waals surface area contributed by atoms with E-state index in [2.05, 4.69) is 288 Å². The molecule has 11 aromatic rings. The van der Waals surface area contributed by atoms with Gasteiger partial charge in [0.15, 0.2) is 0 Å². The molecule has 0 saturated carbocycles. The third-order valence-corrected chi connectivity index (χ3v) is 18.4. The van der Waals surface area contributed by atoms with Crippen molar-refractivity contribution in [3.63, 3.8) is 0 Å². The van der Waals surface area contributed by atoms with E-state index in [9.17, 15) is 0 Å². The Balaban J connectivity index is 1.01. The number of para-hydroxylation sites is 3. The quantitative estimate of drug-likeness (QED) is 0.176. The van der Waals surface area contributed by atoms with Gasteiger partial charge in [-0.15, -0.1) is 0 Å². The van der Waals surface area contributed by atoms with Gasteiger partial charge >= 0.3 is 0 Å². The molecule has 0 radical (unpaired) electrons. The zero-order valence-electron chi connectivity index (χ0n) is 46.0. The Morgan fingerprint density at radius 2 is 0.950 bits per heavy atom. The first-order chi connectivity index (χ1) is 38.9. The summed E-state index contributed by atoms with van der Waals surface area (Å²) in [6.07, 6.45) is 8.00. The van der Waals surface area contributed by atoms with Gasteiger partial charge in [0, 0.05) is 56.0 Å². The Bertz CT molecular complexity index is 4350. The van der Waals surface area contributed by atoms with E-state index in [0.717, 1.165) is 63.3 Å². The van der Waals surface area contributed by atoms with Crippen LogP contribution in [0.15, 0.2) is 242 Å². The van der Waals surface area contributed by atoms with Gasteiger partial charge in [0.1, 0.15) is 23.0 Å². The molecular formula is C76H60N2O2. The van der Waals surface area contributed by atoms with Crippen LogP contribution in [0.1, 0.15) is 110 Å². The lowest BCUT2D eigenvalue weighted by Crippen LogP contribution is -2.34. The van der Waals surface area contributed by atoms with Crippen molar-refractivity contribution in [3.8, 4) is 39.8 Å². The Kier molecular flexibility index (Phi) is 9.80. The fourth-order valence-corrected chi connectivity index (χ4v) is 14.9. The second-order valence-corrected chi connectivity index (χ2v) is 24.7. The van der Waals surface area contributed by atoms with Crippen molar-refractivity contribution in [2.75, 3.05) is 4.90 Å². The first-order valence-electron chi connectivity index (χ1n) is 28.4. The van der Waals surface area contributed by atoms with E-state index in [0.29, 0.717) is 0 Å². The van der Waals surface area contributed by atoms with Crippen LogP contribution in [0.5, 0.6) is 23.0 Å². The Morgan fingerprint density at radius 3 is 1.59 bits per heavy atom. The Hall–Kier alpha value is -9.12. The molecular weight excluding hydrogens is 973 g/mol. The number of allylic oxidation sites excluding steroid dienone is 4. The fraction of sp³-hybridized carbons (Fsp3) is 0.158. The van der Waals surface area contributed by atoms with Crippen molar-refractivity contribution in [1.29, 1.82) is 0 Å². The molecule has 0 amide bonds. The summed E-state index contributed by atoms with van der Waals surface area (Å²) in [5.41, 5.74) is 21.5. The van der Waals surface area contributed by atoms with Crippen LogP contribution in [0.4, 0.5) is 17.1 Å². The number of anilines is 3. The van der Waals surface area contributed by atoms with Gasteiger partial charge in [-0.1, -0.05) is 193 Å². The first-order valence-corrected chi connectivity index (χ1v) is 28.4. The number of ether oxygens (including phenoxy) is 2. The number of aromatic nitrogens is 1. The minimum absolute atomic E-state index is 0.0531. The van der Waals surface area contributed by atoms with Crippen molar-refractivity contribution in [2.24, 2.45) is 0 Å². The molecule has 5 aliphatic rings. The number of rotatable bonds is 4. The molecule has 1 unspecified atom stereocenters. The second-order valence-electron chi connectivity index (χ2n) is 24.7. The van der Waals surface area contributed by atoms with Gasteiger partial charge in [-0.3, -0.25) is 0 Å². The highest BCUT2D eigenvalue weighted by Crippen LogP contribution is 2.68. The van der Waals surface area contributed by atoms with Crippen LogP contribution in [0.25, 0.3) is 38.6 Å². The molecule has 16 rings (SSSR count). The summed E-state index contributed by atoms with van der Waals surface area (Å²) in [7, 11) is 0. The second kappa shape index (κ2) is 16.7. The molecule has 4 nitrogen and oxygen atoms in total. The van der Waals surface area contributed by atoms with Crippen molar-refractivity contribution in [2.45, 2.75) is 75.5 Å². The average molecular weight is 1030 g/mol. The lowest BCUT2D eigenvalue weighted by Gasteiger charge is -2.42. The summed E-state index contributed by atoms with van der Waals surface area (Å²) in [4.78, 5) is 2.57. The van der Waals surface area contributed by atoms with Crippen LogP contribution in [0, 0.1) is 0 Å². The molecule has 0 N–H and O–H groups in total. The van der Waals surface area contributed by atoms with E-state index in [1.807, 2.05) is 0 Å². The number of fused-ring (bicyclic) bond motifs is 21. The lowest BCUT2D eigenvalue weighted by atomic mass is 9.63. The minimum atomic E-state index is -0.655. The molecule has 386 valence electrons. The molecule has 1 aromatic heterocycles. The smallest absolute Gasteiger partial charge is 0.132 e. The van der Waals surface area contributed by atoms with Crippen molar-refractivity contribution >= 4 is 38.9 Å². The van der Waals surface area contributed by atoms with Crippen LogP contribution in [0.2, 0.25) is 0 Å². The van der Waals surface area contributed by atoms with Gasteiger partial charge in [0.25, 0.3) is 0 Å². The van der Waals surface area contributed by atoms with E-state index in [1.165, 1.54) is 83.0 Å². The standard InChI is InChI=1S/C76H60N2O2/c1-73(2,3)47-37-40-69-62(43-47)76(63-44-48(74(4,5)6)38-41-70(63)80-69)59-30-14-9-27-56(59)72-61(76)32-20-35-67(72)77(49-21-19-22-50(45-49)78-65-33-16-10-25-54(65)55-26-11-17-34-66(55)78)51-39-42-71-64(46-51)75(60-31-15-18-36-68(60)79-71)57-28-12-7-23-52(57)53-24-8-13-29-58(53)75/h7-26,28-46,56H,27H2,1-6H3. The summed E-state index contributed by atoms with van der Waals surface area (Å²) < 4.78 is 16.7. The van der Waals surface area contributed by atoms with Crippen LogP contribution in [-0.2, 0) is 21.7 Å². The maximum absolute atomic E-state index is 7.12. The molecule has 0 saturated heterocycles. The highest BCUT2D eigenvalue weighted by atomic mass is 16.5. The van der Waals surface area contributed by atoms with E-state index in [1.54, 1.807) is 0 Å². The topological polar surface area (TPSA) is 26.6 Å². The molecule has 10 aromatic carbocycles. The summed E-state index contributed by atoms with van der Waals surface area (Å²) >= 11 is 0. The van der Waals surface area contributed by atoms with Gasteiger partial charge in [-0.2, -0.15) is 0 Å². The average Bonchev–Trinajstić information content (AvgIpc) is 2.42. The molecule has 80 heavy (non-hydrogen) atoms. The first kappa shape index (κ1) is 46.9. The van der Waals surface area contributed by atoms with Crippen molar-refractivity contribution in [1.82, 2.24) is 4.57 Å². The number of hydrogen-bond acceptors (Lipinski definition) is 3. The van der Waals surface area contributed by atoms with Gasteiger partial charge in [-0.05, 0) is 152 Å². The molecule has 3 heterocycles. The summed E-state index contributed by atoms with van der Waals surface area (Å²) in [6.45, 7) is 13.9. The normalized spacial score (nSPS) is 16.4. The van der Waals surface area contributed by atoms with Crippen molar-refractivity contribution < 1.29 is 9.47 Å². The minimum Gasteiger partial charge on any atom is -0.457 e. The predicted molar refractivity (Wildman–Crippen MR) is 328 cm³/mol. The lowest BCUT2D eigenvalue weighted by molar-refractivity contribution is 0.429. The van der Waals surface area contributed by atoms with Gasteiger partial charge in [0.2, 0.25) is 0 Å². The van der Waals surface area contributed by atoms with E-state index < -0.39 is 10.8 Å². The molecule has 1 atom stereocenters. The molecule has 2 spiro atoms. The number of benzene rings is 10. The molecule has 0 bridgehead atoms. The summed E-state index contributed by atoms with van der Waals surface area (Å²) in [5.74, 6) is 3.62. The maximum Gasteiger partial charge on any atom is 0.132 e. The van der Waals surface area contributed by atoms with Crippen LogP contribution in [0.3, 0.4) is 0 Å². The zero-order chi connectivity index (χ0) is 53.9. The monoisotopic (exact) mass is 1030 g/mol. The van der Waals surface area contributed by atoms with Crippen molar-refractivity contribution in [3.05, 3.63) is 298 Å². The zero-order valence-corrected chi connectivity index (χ0v) is 46.0. The highest BCUT2D eigenvalue weighted by Gasteiger charge is 2.57. The molecule has 4 heteroatoms. The SMILES string of the molecule is CC(C)(C)c1ccc2c(c1)C1(C3=CC=CCC3c3c(N(c4cccc(-n5c6ccccc6c6ccccc65)c4)c4ccc5c(c4)C4(c6ccccc6O5)c5ccccc5-c5ccccc54)cccc31)c1cc(C(C)(C)C)ccc1O2. The van der Waals surface area contributed by atoms with Crippen LogP contribution >= 0.6 is 0 Å². The Morgan fingerprint density at radius 1 is 0.438 bits per heavy atom. The van der Waals surface area contributed by atoms with Crippen LogP contribution in [-0.4, -0.2) is 4.57 Å². The maximum atomic E-state index is 7.12. The number of nitrogens with zero attached hydrogens (tertiary/aromatic N) is 2. The number of hydrogen-bond donors (Lipinski definition) is 0. The Labute approximate surface area is 468 Å². The summed E-state index contributed by atoms with van der Waals surface area (Å²) in [6, 6.07) is 81.7. The largest absolute Gasteiger partial charge is 0.457 e.